The molecule has 116 valence electrons. The van der Waals surface area contributed by atoms with Crippen molar-refractivity contribution >= 4 is 17.5 Å². The highest BCUT2D eigenvalue weighted by Gasteiger charge is 2.24. The minimum absolute atomic E-state index is 0.00783. The van der Waals surface area contributed by atoms with Gasteiger partial charge in [0.1, 0.15) is 18.1 Å². The summed E-state index contributed by atoms with van der Waals surface area (Å²) in [5.41, 5.74) is 1.64. The minimum atomic E-state index is -0.464. The normalized spacial score (nSPS) is 15.0. The first-order valence-electron chi connectivity index (χ1n) is 6.89. The van der Waals surface area contributed by atoms with E-state index in [-0.39, 0.29) is 18.1 Å². The number of nitrogens with zero attached hydrogens (tertiary/aromatic N) is 1. The van der Waals surface area contributed by atoms with Crippen molar-refractivity contribution in [2.45, 2.75) is 0 Å². The van der Waals surface area contributed by atoms with E-state index in [1.807, 2.05) is 0 Å². The summed E-state index contributed by atoms with van der Waals surface area (Å²) in [5.74, 6) is 0.970. The van der Waals surface area contributed by atoms with Crippen LogP contribution >= 0.6 is 0 Å². The number of hydrogen-bond acceptors (Lipinski definition) is 5. The first-order chi connectivity index (χ1) is 11.1. The van der Waals surface area contributed by atoms with Gasteiger partial charge in [0.2, 0.25) is 0 Å². The maximum absolute atomic E-state index is 12.6. The molecule has 0 aliphatic carbocycles. The highest BCUT2D eigenvalue weighted by Crippen LogP contribution is 2.31. The average Bonchev–Trinajstić information content (AvgIpc) is 2.57. The Hall–Kier alpha value is -3.15. The predicted molar refractivity (Wildman–Crippen MR) is 83.9 cm³/mol. The van der Waals surface area contributed by atoms with Crippen LogP contribution in [0.25, 0.3) is 6.08 Å². The Labute approximate surface area is 132 Å². The first-order valence-corrected chi connectivity index (χ1v) is 6.89. The van der Waals surface area contributed by atoms with Gasteiger partial charge in [-0.05, 0) is 42.0 Å². The summed E-state index contributed by atoms with van der Waals surface area (Å²) in [7, 11) is 1.53. The highest BCUT2D eigenvalue weighted by atomic mass is 16.6. The molecule has 1 aliphatic heterocycles. The summed E-state index contributed by atoms with van der Waals surface area (Å²) in [4.78, 5) is 22.7. The van der Waals surface area contributed by atoms with Gasteiger partial charge in [-0.25, -0.2) is 0 Å². The van der Waals surface area contributed by atoms with E-state index in [0.29, 0.717) is 28.2 Å². The topological polar surface area (TPSA) is 78.7 Å². The van der Waals surface area contributed by atoms with Crippen molar-refractivity contribution in [2.75, 3.05) is 13.7 Å². The third-order valence-corrected chi connectivity index (χ3v) is 3.55. The van der Waals surface area contributed by atoms with E-state index in [4.69, 9.17) is 9.47 Å². The number of rotatable bonds is 3. The zero-order chi connectivity index (χ0) is 16.4. The minimum Gasteiger partial charge on any atom is -0.497 e. The van der Waals surface area contributed by atoms with Gasteiger partial charge in [-0.15, -0.1) is 0 Å². The number of nitro benzene ring substituents is 1. The maximum Gasteiger partial charge on any atom is 0.269 e. The summed E-state index contributed by atoms with van der Waals surface area (Å²) >= 11 is 0. The third kappa shape index (κ3) is 2.91. The zero-order valence-electron chi connectivity index (χ0n) is 12.3. The smallest absolute Gasteiger partial charge is 0.269 e. The van der Waals surface area contributed by atoms with E-state index in [9.17, 15) is 14.9 Å². The Bertz CT molecular complexity index is 808. The molecular formula is C17H13NO5. The van der Waals surface area contributed by atoms with Crippen LogP contribution in [0.15, 0.2) is 48.0 Å². The van der Waals surface area contributed by atoms with Gasteiger partial charge in [0.05, 0.1) is 17.6 Å². The number of ketones is 1. The largest absolute Gasteiger partial charge is 0.497 e. The van der Waals surface area contributed by atoms with Crippen LogP contribution in [-0.4, -0.2) is 24.4 Å². The van der Waals surface area contributed by atoms with Crippen LogP contribution in [0.5, 0.6) is 11.5 Å². The Morgan fingerprint density at radius 1 is 1.22 bits per heavy atom. The lowest BCUT2D eigenvalue weighted by molar-refractivity contribution is -0.384. The molecule has 6 nitrogen and oxygen atoms in total. The Kier molecular flexibility index (Phi) is 3.80. The number of fused-ring (bicyclic) bond motifs is 1. The lowest BCUT2D eigenvalue weighted by Crippen LogP contribution is -2.19. The fourth-order valence-corrected chi connectivity index (χ4v) is 2.33. The van der Waals surface area contributed by atoms with Gasteiger partial charge in [-0.2, -0.15) is 0 Å². The fraction of sp³-hybridized carbons (Fsp3) is 0.118. The van der Waals surface area contributed by atoms with Crippen LogP contribution in [-0.2, 0) is 0 Å². The van der Waals surface area contributed by atoms with E-state index >= 15 is 0 Å². The highest BCUT2D eigenvalue weighted by molar-refractivity contribution is 6.14. The molecule has 0 bridgehead atoms. The molecule has 0 saturated carbocycles. The van der Waals surface area contributed by atoms with E-state index in [0.717, 1.165) is 0 Å². The van der Waals surface area contributed by atoms with Crippen LogP contribution in [0.4, 0.5) is 5.69 Å². The number of nitro groups is 1. The molecule has 3 rings (SSSR count). The molecule has 0 amide bonds. The summed E-state index contributed by atoms with van der Waals surface area (Å²) in [6, 6.07) is 11.1. The number of benzene rings is 2. The second kappa shape index (κ2) is 5.92. The molecule has 1 aliphatic rings. The molecule has 0 atom stereocenters. The number of non-ortho nitro benzene ring substituents is 1. The van der Waals surface area contributed by atoms with E-state index in [2.05, 4.69) is 0 Å². The van der Waals surface area contributed by atoms with E-state index < -0.39 is 4.92 Å². The standard InChI is InChI=1S/C17H13NO5/c1-22-14-6-7-16-15(9-14)17(19)12(10-23-16)8-11-2-4-13(5-3-11)18(20)21/h2-9H,10H2,1H3/b12-8+. The number of carbonyl (C=O) groups is 1. The maximum atomic E-state index is 12.6. The van der Waals surface area contributed by atoms with Crippen molar-refractivity contribution in [3.8, 4) is 11.5 Å². The van der Waals surface area contributed by atoms with Crippen LogP contribution in [0.3, 0.4) is 0 Å². The molecule has 0 aromatic heterocycles. The molecule has 0 saturated heterocycles. The van der Waals surface area contributed by atoms with Gasteiger partial charge in [0.15, 0.2) is 5.78 Å². The predicted octanol–water partition coefficient (Wildman–Crippen LogP) is 3.26. The number of ether oxygens (including phenoxy) is 2. The van der Waals surface area contributed by atoms with Gasteiger partial charge < -0.3 is 9.47 Å². The van der Waals surface area contributed by atoms with Crippen molar-refractivity contribution in [2.24, 2.45) is 0 Å². The van der Waals surface area contributed by atoms with Crippen LogP contribution in [0.2, 0.25) is 0 Å². The van der Waals surface area contributed by atoms with Gasteiger partial charge in [0, 0.05) is 17.7 Å². The van der Waals surface area contributed by atoms with Crippen molar-refractivity contribution in [3.05, 3.63) is 69.3 Å². The van der Waals surface area contributed by atoms with Crippen molar-refractivity contribution in [1.29, 1.82) is 0 Å². The molecule has 23 heavy (non-hydrogen) atoms. The molecule has 1 heterocycles. The third-order valence-electron chi connectivity index (χ3n) is 3.55. The van der Waals surface area contributed by atoms with E-state index in [1.165, 1.54) is 19.2 Å². The Morgan fingerprint density at radius 2 is 1.96 bits per heavy atom. The quantitative estimate of drug-likeness (QED) is 0.494. The zero-order valence-corrected chi connectivity index (χ0v) is 12.3. The SMILES string of the molecule is COc1ccc2c(c1)C(=O)/C(=C/c1ccc([N+](=O)[O-])cc1)CO2. The van der Waals surface area contributed by atoms with E-state index in [1.54, 1.807) is 36.4 Å². The second-order valence-corrected chi connectivity index (χ2v) is 5.00. The molecule has 6 heteroatoms. The number of carbonyl (C=O) groups excluding carboxylic acids is 1. The Balaban J connectivity index is 1.91. The van der Waals surface area contributed by atoms with Gasteiger partial charge in [-0.3, -0.25) is 14.9 Å². The molecular weight excluding hydrogens is 298 g/mol. The number of hydrogen-bond donors (Lipinski definition) is 0. The Morgan fingerprint density at radius 3 is 2.61 bits per heavy atom. The van der Waals surface area contributed by atoms with Gasteiger partial charge in [-0.1, -0.05) is 0 Å². The monoisotopic (exact) mass is 311 g/mol. The number of Topliss-reactive ketones (excluding diaryl/α,β-unsaturated/α-hetero) is 1. The van der Waals surface area contributed by atoms with Gasteiger partial charge >= 0.3 is 0 Å². The van der Waals surface area contributed by atoms with Crippen LogP contribution in [0, 0.1) is 10.1 Å². The van der Waals surface area contributed by atoms with Crippen molar-refractivity contribution in [3.63, 3.8) is 0 Å². The molecule has 0 unspecified atom stereocenters. The molecule has 2 aromatic carbocycles. The summed E-state index contributed by atoms with van der Waals surface area (Å²) in [6.07, 6.45) is 1.68. The second-order valence-electron chi connectivity index (χ2n) is 5.00. The van der Waals surface area contributed by atoms with Crippen molar-refractivity contribution in [1.82, 2.24) is 0 Å². The summed E-state index contributed by atoms with van der Waals surface area (Å²) in [5, 5.41) is 10.7. The molecule has 0 N–H and O–H groups in total. The summed E-state index contributed by atoms with van der Waals surface area (Å²) in [6.45, 7) is 0.162. The molecule has 0 spiro atoms. The molecule has 0 radical (unpaired) electrons. The summed E-state index contributed by atoms with van der Waals surface area (Å²) < 4.78 is 10.7. The fourth-order valence-electron chi connectivity index (χ4n) is 2.33. The van der Waals surface area contributed by atoms with Crippen molar-refractivity contribution < 1.29 is 19.2 Å². The van der Waals surface area contributed by atoms with Gasteiger partial charge in [0.25, 0.3) is 5.69 Å². The number of methoxy groups -OCH3 is 1. The van der Waals surface area contributed by atoms with Crippen LogP contribution in [0.1, 0.15) is 15.9 Å². The molecule has 0 fully saturated rings. The first kappa shape index (κ1) is 14.8. The average molecular weight is 311 g/mol. The van der Waals surface area contributed by atoms with Crippen LogP contribution < -0.4 is 9.47 Å². The lowest BCUT2D eigenvalue weighted by atomic mass is 9.98. The lowest BCUT2D eigenvalue weighted by Gasteiger charge is -2.19. The molecule has 2 aromatic rings.